The molecule has 0 aliphatic carbocycles. The molecule has 8 nitrogen and oxygen atoms in total. The van der Waals surface area contributed by atoms with E-state index in [1.807, 2.05) is 0 Å². The van der Waals surface area contributed by atoms with Crippen LogP contribution < -0.4 is 9.47 Å². The van der Waals surface area contributed by atoms with Crippen molar-refractivity contribution < 1.29 is 22.7 Å². The van der Waals surface area contributed by atoms with E-state index in [9.17, 15) is 13.2 Å². The average Bonchev–Trinajstić information content (AvgIpc) is 3.16. The largest absolute Gasteiger partial charge is 0.480 e. The summed E-state index contributed by atoms with van der Waals surface area (Å²) in [5, 5.41) is 7.74. The number of methoxy groups -OCH3 is 1. The van der Waals surface area contributed by atoms with E-state index in [1.165, 1.54) is 19.2 Å². The van der Waals surface area contributed by atoms with Crippen LogP contribution in [0.1, 0.15) is 12.8 Å². The summed E-state index contributed by atoms with van der Waals surface area (Å²) < 4.78 is 35.2. The minimum absolute atomic E-state index is 0.0493. The van der Waals surface area contributed by atoms with Gasteiger partial charge in [-0.1, -0.05) is 18.2 Å². The van der Waals surface area contributed by atoms with Crippen LogP contribution in [0, 0.1) is 0 Å². The standard InChI is InChI=1S/C18H21N3O5S/c1-25-16-7-8-17(20-19-16)26-14-9-11-21(13-14)18(22)10-12-27(23,24)15-5-3-2-4-6-15/h2-8,14H,9-13H2,1H3/t14-/m1/s1. The van der Waals surface area contributed by atoms with Crippen LogP contribution in [-0.4, -0.2) is 61.5 Å². The van der Waals surface area contributed by atoms with Crippen LogP contribution in [0.15, 0.2) is 47.4 Å². The van der Waals surface area contributed by atoms with Gasteiger partial charge in [0.2, 0.25) is 17.7 Å². The van der Waals surface area contributed by atoms with E-state index in [0.29, 0.717) is 31.3 Å². The maximum atomic E-state index is 12.4. The van der Waals surface area contributed by atoms with E-state index in [4.69, 9.17) is 9.47 Å². The zero-order valence-electron chi connectivity index (χ0n) is 14.9. The number of carbonyl (C=O) groups excluding carboxylic acids is 1. The molecule has 0 spiro atoms. The lowest BCUT2D eigenvalue weighted by atomic mass is 10.3. The van der Waals surface area contributed by atoms with Crippen LogP contribution in [0.5, 0.6) is 11.8 Å². The Hall–Kier alpha value is -2.68. The molecule has 2 heterocycles. The summed E-state index contributed by atoms with van der Waals surface area (Å²) in [6.45, 7) is 0.927. The molecule has 1 fully saturated rings. The molecule has 1 aliphatic heterocycles. The van der Waals surface area contributed by atoms with Gasteiger partial charge in [-0.15, -0.1) is 10.2 Å². The second-order valence-corrected chi connectivity index (χ2v) is 8.27. The molecule has 0 saturated carbocycles. The van der Waals surface area contributed by atoms with Crippen molar-refractivity contribution in [3.05, 3.63) is 42.5 Å². The van der Waals surface area contributed by atoms with E-state index >= 15 is 0 Å². The number of hydrogen-bond acceptors (Lipinski definition) is 7. The van der Waals surface area contributed by atoms with Gasteiger partial charge < -0.3 is 14.4 Å². The molecule has 0 N–H and O–H groups in total. The first-order valence-electron chi connectivity index (χ1n) is 8.58. The molecule has 1 amide bonds. The fourth-order valence-electron chi connectivity index (χ4n) is 2.83. The number of likely N-dealkylation sites (tertiary alicyclic amines) is 1. The molecule has 9 heteroatoms. The Bertz CT molecular complexity index is 872. The number of nitrogens with zero attached hydrogens (tertiary/aromatic N) is 3. The Morgan fingerprint density at radius 3 is 2.52 bits per heavy atom. The van der Waals surface area contributed by atoms with E-state index in [1.54, 1.807) is 35.2 Å². The Balaban J connectivity index is 1.50. The van der Waals surface area contributed by atoms with Gasteiger partial charge in [0.05, 0.1) is 24.3 Å². The first-order chi connectivity index (χ1) is 13.0. The normalized spacial score (nSPS) is 16.9. The van der Waals surface area contributed by atoms with Crippen LogP contribution in [0.25, 0.3) is 0 Å². The summed E-state index contributed by atoms with van der Waals surface area (Å²) >= 11 is 0. The summed E-state index contributed by atoms with van der Waals surface area (Å²) in [5.74, 6) is 0.357. The molecule has 27 heavy (non-hydrogen) atoms. The summed E-state index contributed by atoms with van der Waals surface area (Å²) in [7, 11) is -1.96. The number of aromatic nitrogens is 2. The third kappa shape index (κ3) is 4.94. The topological polar surface area (TPSA) is 98.7 Å². The van der Waals surface area contributed by atoms with Crippen LogP contribution in [0.2, 0.25) is 0 Å². The Kier molecular flexibility index (Phi) is 5.90. The fourth-order valence-corrected chi connectivity index (χ4v) is 4.08. The van der Waals surface area contributed by atoms with Gasteiger partial charge in [0, 0.05) is 31.5 Å². The van der Waals surface area contributed by atoms with Gasteiger partial charge >= 0.3 is 0 Å². The van der Waals surface area contributed by atoms with Crippen molar-refractivity contribution in [2.75, 3.05) is 26.0 Å². The molecule has 2 aromatic rings. The lowest BCUT2D eigenvalue weighted by Crippen LogP contribution is -2.32. The Morgan fingerprint density at radius 2 is 1.85 bits per heavy atom. The van der Waals surface area contributed by atoms with Gasteiger partial charge in [-0.05, 0) is 12.1 Å². The van der Waals surface area contributed by atoms with Crippen molar-refractivity contribution in [2.45, 2.75) is 23.8 Å². The van der Waals surface area contributed by atoms with Gasteiger partial charge in [0.15, 0.2) is 9.84 Å². The fraction of sp³-hybridized carbons (Fsp3) is 0.389. The number of hydrogen-bond donors (Lipinski definition) is 0. The van der Waals surface area contributed by atoms with E-state index in [2.05, 4.69) is 10.2 Å². The zero-order chi connectivity index (χ0) is 19.3. The van der Waals surface area contributed by atoms with Crippen LogP contribution in [0.3, 0.4) is 0 Å². The SMILES string of the molecule is COc1ccc(O[C@@H]2CCN(C(=O)CCS(=O)(=O)c3ccccc3)C2)nn1. The van der Waals surface area contributed by atoms with Crippen molar-refractivity contribution in [2.24, 2.45) is 0 Å². The summed E-state index contributed by atoms with van der Waals surface area (Å²) in [6.07, 6.45) is 0.416. The first kappa shape index (κ1) is 19.1. The van der Waals surface area contributed by atoms with Crippen LogP contribution in [0.4, 0.5) is 0 Å². The third-order valence-electron chi connectivity index (χ3n) is 4.30. The predicted molar refractivity (Wildman–Crippen MR) is 97.3 cm³/mol. The highest BCUT2D eigenvalue weighted by molar-refractivity contribution is 7.91. The second-order valence-electron chi connectivity index (χ2n) is 6.16. The number of sulfone groups is 1. The Labute approximate surface area is 158 Å². The highest BCUT2D eigenvalue weighted by atomic mass is 32.2. The highest BCUT2D eigenvalue weighted by Crippen LogP contribution is 2.19. The molecule has 1 saturated heterocycles. The minimum Gasteiger partial charge on any atom is -0.480 e. The number of amides is 1. The number of rotatable bonds is 7. The molecule has 0 bridgehead atoms. The van der Waals surface area contributed by atoms with Gasteiger partial charge in [-0.3, -0.25) is 4.79 Å². The summed E-state index contributed by atoms with van der Waals surface area (Å²) in [6, 6.07) is 11.5. The van der Waals surface area contributed by atoms with Gasteiger partial charge in [0.25, 0.3) is 0 Å². The highest BCUT2D eigenvalue weighted by Gasteiger charge is 2.29. The molecule has 1 aromatic carbocycles. The first-order valence-corrected chi connectivity index (χ1v) is 10.2. The van der Waals surface area contributed by atoms with E-state index < -0.39 is 9.84 Å². The number of ether oxygens (including phenoxy) is 2. The molecular formula is C18H21N3O5S. The van der Waals surface area contributed by atoms with Crippen molar-refractivity contribution in [3.8, 4) is 11.8 Å². The van der Waals surface area contributed by atoms with E-state index in [0.717, 1.165) is 0 Å². The maximum Gasteiger partial charge on any atom is 0.233 e. The molecule has 1 aliphatic rings. The second kappa shape index (κ2) is 8.34. The molecule has 0 unspecified atom stereocenters. The predicted octanol–water partition coefficient (Wildman–Crippen LogP) is 1.33. The van der Waals surface area contributed by atoms with Crippen LogP contribution >= 0.6 is 0 Å². The van der Waals surface area contributed by atoms with Crippen LogP contribution in [-0.2, 0) is 14.6 Å². The van der Waals surface area contributed by atoms with Gasteiger partial charge in [0.1, 0.15) is 6.10 Å². The molecule has 3 rings (SSSR count). The molecule has 144 valence electrons. The molecule has 1 atom stereocenters. The summed E-state index contributed by atoms with van der Waals surface area (Å²) in [5.41, 5.74) is 0. The van der Waals surface area contributed by atoms with Crippen molar-refractivity contribution in [1.29, 1.82) is 0 Å². The Morgan fingerprint density at radius 1 is 1.15 bits per heavy atom. The van der Waals surface area contributed by atoms with Gasteiger partial charge in [-0.2, -0.15) is 0 Å². The summed E-state index contributed by atoms with van der Waals surface area (Å²) in [4.78, 5) is 14.2. The quantitative estimate of drug-likeness (QED) is 0.702. The molecular weight excluding hydrogens is 370 g/mol. The van der Waals surface area contributed by atoms with E-state index in [-0.39, 0.29) is 29.1 Å². The monoisotopic (exact) mass is 391 g/mol. The molecule has 0 radical (unpaired) electrons. The van der Waals surface area contributed by atoms with Gasteiger partial charge in [-0.25, -0.2) is 8.42 Å². The maximum absolute atomic E-state index is 12.4. The third-order valence-corrected chi connectivity index (χ3v) is 6.03. The lowest BCUT2D eigenvalue weighted by molar-refractivity contribution is -0.130. The van der Waals surface area contributed by atoms with Crippen molar-refractivity contribution >= 4 is 15.7 Å². The van der Waals surface area contributed by atoms with Crippen molar-refractivity contribution in [3.63, 3.8) is 0 Å². The minimum atomic E-state index is -3.46. The molecule has 1 aromatic heterocycles. The number of benzene rings is 1. The average molecular weight is 391 g/mol. The number of carbonyl (C=O) groups is 1. The van der Waals surface area contributed by atoms with Crippen molar-refractivity contribution in [1.82, 2.24) is 15.1 Å². The zero-order valence-corrected chi connectivity index (χ0v) is 15.8. The lowest BCUT2D eigenvalue weighted by Gasteiger charge is -2.17. The smallest absolute Gasteiger partial charge is 0.233 e.